The maximum absolute atomic E-state index is 12.6. The number of hydrogen-bond acceptors (Lipinski definition) is 2. The molecule has 0 radical (unpaired) electrons. The Morgan fingerprint density at radius 1 is 1.15 bits per heavy atom. The molecule has 1 heterocycles. The molecule has 1 aliphatic heterocycles. The van der Waals surface area contributed by atoms with Crippen LogP contribution in [0.1, 0.15) is 45.4 Å². The Kier molecular flexibility index (Phi) is 4.69. The summed E-state index contributed by atoms with van der Waals surface area (Å²) in [6.45, 7) is 2.15. The lowest BCUT2D eigenvalue weighted by molar-refractivity contribution is -0.0506. The first kappa shape index (κ1) is 16.1. The zero-order valence-corrected chi connectivity index (χ0v) is 12.5. The first-order chi connectivity index (χ1) is 9.25. The summed E-state index contributed by atoms with van der Waals surface area (Å²) >= 11 is 0. The normalized spacial score (nSPS) is 33.5. The van der Waals surface area contributed by atoms with Crippen molar-refractivity contribution < 1.29 is 21.6 Å². The predicted octanol–water partition coefficient (Wildman–Crippen LogP) is 3.37. The van der Waals surface area contributed by atoms with Crippen LogP contribution in [0, 0.1) is 17.8 Å². The Hall–Kier alpha value is -0.300. The fourth-order valence-corrected chi connectivity index (χ4v) is 4.67. The van der Waals surface area contributed by atoms with Gasteiger partial charge < -0.3 is 0 Å². The lowest BCUT2D eigenvalue weighted by Gasteiger charge is -2.37. The summed E-state index contributed by atoms with van der Waals surface area (Å²) in [5, 5.41) is 0. The van der Waals surface area contributed by atoms with Crippen molar-refractivity contribution in [1.29, 1.82) is 0 Å². The molecule has 0 N–H and O–H groups in total. The van der Waals surface area contributed by atoms with E-state index in [0.717, 1.165) is 32.1 Å². The summed E-state index contributed by atoms with van der Waals surface area (Å²) in [5.74, 6) is 1.01. The molecule has 2 fully saturated rings. The Morgan fingerprint density at radius 3 is 2.45 bits per heavy atom. The fraction of sp³-hybridized carbons (Fsp3) is 1.00. The molecule has 1 saturated carbocycles. The molecule has 2 aliphatic rings. The first-order valence-electron chi connectivity index (χ1n) is 7.32. The van der Waals surface area contributed by atoms with Crippen molar-refractivity contribution in [2.75, 3.05) is 13.1 Å². The third-order valence-corrected chi connectivity index (χ3v) is 6.48. The summed E-state index contributed by atoms with van der Waals surface area (Å²) in [6.07, 6.45) is 5.72. The number of piperidine rings is 1. The molecule has 20 heavy (non-hydrogen) atoms. The van der Waals surface area contributed by atoms with Crippen LogP contribution >= 0.6 is 0 Å². The van der Waals surface area contributed by atoms with E-state index >= 15 is 0 Å². The van der Waals surface area contributed by atoms with E-state index in [1.54, 1.807) is 0 Å². The van der Waals surface area contributed by atoms with Gasteiger partial charge in [-0.15, -0.1) is 0 Å². The van der Waals surface area contributed by atoms with Crippen molar-refractivity contribution in [1.82, 2.24) is 4.31 Å². The summed E-state index contributed by atoms with van der Waals surface area (Å²) in [5.41, 5.74) is -5.17. The molecule has 118 valence electrons. The van der Waals surface area contributed by atoms with Crippen molar-refractivity contribution in [3.63, 3.8) is 0 Å². The van der Waals surface area contributed by atoms with E-state index in [4.69, 9.17) is 0 Å². The highest BCUT2D eigenvalue weighted by atomic mass is 32.2. The second-order valence-electron chi connectivity index (χ2n) is 6.06. The standard InChI is InChI=1S/C13H22F3NO2S/c1-2-10-4-3-5-11-6-7-17(9-12(11)8-10)20(18,19)13(14,15)16/h10-12H,2-9H2,1H3/t10?,11-,12?/m0/s1. The lowest BCUT2D eigenvalue weighted by Crippen LogP contribution is -2.48. The highest BCUT2D eigenvalue weighted by Crippen LogP contribution is 2.40. The van der Waals surface area contributed by atoms with Gasteiger partial charge in [0.2, 0.25) is 0 Å². The predicted molar refractivity (Wildman–Crippen MR) is 70.4 cm³/mol. The molecule has 0 amide bonds. The summed E-state index contributed by atoms with van der Waals surface area (Å²) < 4.78 is 61.6. The summed E-state index contributed by atoms with van der Waals surface area (Å²) in [6, 6.07) is 0. The fourth-order valence-electron chi connectivity index (χ4n) is 3.64. The Bertz CT molecular complexity index is 435. The quantitative estimate of drug-likeness (QED) is 0.784. The highest BCUT2D eigenvalue weighted by molar-refractivity contribution is 7.90. The Labute approximate surface area is 118 Å². The molecule has 3 nitrogen and oxygen atoms in total. The molecule has 1 saturated heterocycles. The first-order valence-corrected chi connectivity index (χ1v) is 8.76. The SMILES string of the molecule is CCC1CCC[C@H]2CCN(S(=O)(=O)C(F)(F)F)CC2C1. The van der Waals surface area contributed by atoms with Gasteiger partial charge in [-0.25, -0.2) is 8.42 Å². The molecule has 3 atom stereocenters. The van der Waals surface area contributed by atoms with Gasteiger partial charge in [0.05, 0.1) is 0 Å². The van der Waals surface area contributed by atoms with Crippen LogP contribution in [0.2, 0.25) is 0 Å². The molecule has 0 aromatic carbocycles. The maximum Gasteiger partial charge on any atom is 0.511 e. The number of fused-ring (bicyclic) bond motifs is 1. The van der Waals surface area contributed by atoms with Gasteiger partial charge in [0.25, 0.3) is 0 Å². The van der Waals surface area contributed by atoms with Crippen molar-refractivity contribution in [3.05, 3.63) is 0 Å². The number of halogens is 3. The molecule has 1 aliphatic carbocycles. The number of alkyl halides is 3. The van der Waals surface area contributed by atoms with E-state index in [0.29, 0.717) is 22.6 Å². The zero-order chi connectivity index (χ0) is 15.0. The molecule has 2 unspecified atom stereocenters. The van der Waals surface area contributed by atoms with Crippen LogP contribution in [0.25, 0.3) is 0 Å². The van der Waals surface area contributed by atoms with Gasteiger partial charge >= 0.3 is 15.5 Å². The average Bonchev–Trinajstić information content (AvgIpc) is 2.57. The molecular formula is C13H22F3NO2S. The minimum absolute atomic E-state index is 0.0137. The smallest absolute Gasteiger partial charge is 0.203 e. The molecule has 0 aromatic heterocycles. The third-order valence-electron chi connectivity index (χ3n) is 4.89. The molecule has 0 bridgehead atoms. The van der Waals surface area contributed by atoms with Crippen molar-refractivity contribution in [2.45, 2.75) is 51.0 Å². The van der Waals surface area contributed by atoms with Crippen LogP contribution in [-0.2, 0) is 10.0 Å². The maximum atomic E-state index is 12.6. The van der Waals surface area contributed by atoms with E-state index in [1.165, 1.54) is 0 Å². The number of nitrogens with zero attached hydrogens (tertiary/aromatic N) is 1. The zero-order valence-electron chi connectivity index (χ0n) is 11.7. The summed E-state index contributed by atoms with van der Waals surface area (Å²) in [4.78, 5) is 0. The van der Waals surface area contributed by atoms with E-state index in [-0.39, 0.29) is 19.0 Å². The van der Waals surface area contributed by atoms with Crippen LogP contribution in [0.3, 0.4) is 0 Å². The second-order valence-corrected chi connectivity index (χ2v) is 7.99. The van der Waals surface area contributed by atoms with E-state index in [1.807, 2.05) is 0 Å². The number of hydrogen-bond donors (Lipinski definition) is 0. The molecule has 0 aromatic rings. The van der Waals surface area contributed by atoms with Crippen molar-refractivity contribution >= 4 is 10.0 Å². The number of sulfonamides is 1. The highest BCUT2D eigenvalue weighted by Gasteiger charge is 2.51. The van der Waals surface area contributed by atoms with Gasteiger partial charge in [0, 0.05) is 13.1 Å². The molecule has 0 spiro atoms. The van der Waals surface area contributed by atoms with Crippen molar-refractivity contribution in [2.24, 2.45) is 17.8 Å². The van der Waals surface area contributed by atoms with Crippen LogP contribution in [0.4, 0.5) is 13.2 Å². The van der Waals surface area contributed by atoms with Crippen LogP contribution < -0.4 is 0 Å². The van der Waals surface area contributed by atoms with Crippen LogP contribution in [0.5, 0.6) is 0 Å². The molecule has 2 rings (SSSR count). The third kappa shape index (κ3) is 3.13. The average molecular weight is 313 g/mol. The lowest BCUT2D eigenvalue weighted by atomic mass is 9.81. The van der Waals surface area contributed by atoms with E-state index in [9.17, 15) is 21.6 Å². The van der Waals surface area contributed by atoms with Gasteiger partial charge in [0.15, 0.2) is 0 Å². The van der Waals surface area contributed by atoms with Gasteiger partial charge in [-0.3, -0.25) is 0 Å². The minimum atomic E-state index is -5.17. The molecule has 7 heteroatoms. The van der Waals surface area contributed by atoms with E-state index in [2.05, 4.69) is 6.92 Å². The van der Waals surface area contributed by atoms with Gasteiger partial charge in [-0.2, -0.15) is 17.5 Å². The second kappa shape index (κ2) is 5.83. The summed E-state index contributed by atoms with van der Waals surface area (Å²) in [7, 11) is -5.15. The number of rotatable bonds is 2. The van der Waals surface area contributed by atoms with Crippen LogP contribution in [0.15, 0.2) is 0 Å². The van der Waals surface area contributed by atoms with Gasteiger partial charge in [-0.1, -0.05) is 32.6 Å². The monoisotopic (exact) mass is 313 g/mol. The van der Waals surface area contributed by atoms with Crippen molar-refractivity contribution in [3.8, 4) is 0 Å². The van der Waals surface area contributed by atoms with Gasteiger partial charge in [-0.05, 0) is 30.6 Å². The largest absolute Gasteiger partial charge is 0.511 e. The van der Waals surface area contributed by atoms with E-state index < -0.39 is 15.5 Å². The Balaban J connectivity index is 2.12. The minimum Gasteiger partial charge on any atom is -0.203 e. The molecular weight excluding hydrogens is 291 g/mol. The van der Waals surface area contributed by atoms with Crippen LogP contribution in [-0.4, -0.2) is 31.3 Å². The Morgan fingerprint density at radius 2 is 1.85 bits per heavy atom. The van der Waals surface area contributed by atoms with Gasteiger partial charge in [0.1, 0.15) is 0 Å². The topological polar surface area (TPSA) is 37.4 Å².